The zero-order valence-electron chi connectivity index (χ0n) is 15.4. The normalized spacial score (nSPS) is 20.1. The molecular formula is C21H19BrClNO4. The molecule has 0 spiro atoms. The molecule has 1 aromatic heterocycles. The number of phenolic OH excluding ortho intramolecular Hbond substituents is 2. The van der Waals surface area contributed by atoms with E-state index in [0.717, 1.165) is 17.4 Å². The lowest BCUT2D eigenvalue weighted by molar-refractivity contribution is 0.315. The summed E-state index contributed by atoms with van der Waals surface area (Å²) in [4.78, 5) is 15.0. The number of aromatic hydroxyl groups is 2. The first-order valence-corrected chi connectivity index (χ1v) is 10.1. The number of nitrogens with zero attached hydrogens (tertiary/aromatic N) is 1. The summed E-state index contributed by atoms with van der Waals surface area (Å²) in [6, 6.07) is 7.98. The number of fused-ring (bicyclic) bond motifs is 1. The van der Waals surface area contributed by atoms with E-state index in [1.807, 2.05) is 7.05 Å². The molecule has 2 N–H and O–H groups in total. The van der Waals surface area contributed by atoms with Crippen LogP contribution >= 0.6 is 27.5 Å². The molecule has 7 heteroatoms. The van der Waals surface area contributed by atoms with Gasteiger partial charge in [0.1, 0.15) is 28.2 Å². The van der Waals surface area contributed by atoms with Gasteiger partial charge in [0.2, 0.25) is 0 Å². The first-order valence-electron chi connectivity index (χ1n) is 8.96. The smallest absolute Gasteiger partial charge is 0.197 e. The first kappa shape index (κ1) is 19.3. The van der Waals surface area contributed by atoms with Crippen molar-refractivity contribution in [3.63, 3.8) is 0 Å². The number of likely N-dealkylation sites (N-methyl/N-ethyl adjacent to an activating group) is 1. The maximum absolute atomic E-state index is 12.8. The molecule has 1 aliphatic rings. The molecule has 146 valence electrons. The maximum atomic E-state index is 12.8. The molecule has 0 saturated carbocycles. The van der Waals surface area contributed by atoms with Gasteiger partial charge in [-0.15, -0.1) is 0 Å². The minimum atomic E-state index is -0.381. The minimum Gasteiger partial charge on any atom is -0.507 e. The Morgan fingerprint density at radius 1 is 1.21 bits per heavy atom. The largest absolute Gasteiger partial charge is 0.507 e. The Hall–Kier alpha value is -2.02. The minimum absolute atomic E-state index is 0.0214. The topological polar surface area (TPSA) is 73.9 Å². The van der Waals surface area contributed by atoms with Crippen molar-refractivity contribution in [1.29, 1.82) is 0 Å². The predicted octanol–water partition coefficient (Wildman–Crippen LogP) is 5.09. The molecule has 1 saturated heterocycles. The molecule has 28 heavy (non-hydrogen) atoms. The van der Waals surface area contributed by atoms with E-state index in [-0.39, 0.29) is 39.9 Å². The van der Waals surface area contributed by atoms with Crippen LogP contribution in [0.2, 0.25) is 5.02 Å². The number of likely N-dealkylation sites (tertiary alicyclic amines) is 1. The highest BCUT2D eigenvalue weighted by atomic mass is 79.9. The lowest BCUT2D eigenvalue weighted by atomic mass is 9.90. The number of phenols is 2. The molecule has 1 aliphatic heterocycles. The standard InChI is InChI=1S/C21H19BrClNO4/c1-10-12(5-6-24(10)2)19-15(25)8-16(26)20-17(27)9-18(28-21(19)20)13-4-3-11(22)7-14(13)23/h3-4,7-10,12,25-26H,5-6H2,1-2H3. The van der Waals surface area contributed by atoms with Crippen LogP contribution in [0.4, 0.5) is 0 Å². The Morgan fingerprint density at radius 3 is 2.61 bits per heavy atom. The van der Waals surface area contributed by atoms with Gasteiger partial charge in [0.15, 0.2) is 5.43 Å². The van der Waals surface area contributed by atoms with Crippen molar-refractivity contribution in [2.75, 3.05) is 13.6 Å². The Balaban J connectivity index is 2.02. The van der Waals surface area contributed by atoms with Crippen molar-refractivity contribution < 1.29 is 14.6 Å². The van der Waals surface area contributed by atoms with Crippen molar-refractivity contribution in [1.82, 2.24) is 4.90 Å². The maximum Gasteiger partial charge on any atom is 0.197 e. The second kappa shape index (κ2) is 7.10. The van der Waals surface area contributed by atoms with E-state index in [9.17, 15) is 15.0 Å². The number of hydrogen-bond donors (Lipinski definition) is 2. The van der Waals surface area contributed by atoms with Gasteiger partial charge < -0.3 is 19.5 Å². The number of benzene rings is 2. The third-order valence-corrected chi connectivity index (χ3v) is 6.44. The zero-order valence-corrected chi connectivity index (χ0v) is 17.7. The van der Waals surface area contributed by atoms with Crippen molar-refractivity contribution in [2.45, 2.75) is 25.3 Å². The third-order valence-electron chi connectivity index (χ3n) is 5.64. The van der Waals surface area contributed by atoms with Gasteiger partial charge in [-0.05, 0) is 45.1 Å². The summed E-state index contributed by atoms with van der Waals surface area (Å²) in [5.74, 6) is -0.0936. The van der Waals surface area contributed by atoms with Crippen LogP contribution in [-0.4, -0.2) is 34.7 Å². The molecule has 2 aromatic carbocycles. The quantitative estimate of drug-likeness (QED) is 0.552. The van der Waals surface area contributed by atoms with E-state index in [1.54, 1.807) is 18.2 Å². The van der Waals surface area contributed by atoms with Crippen molar-refractivity contribution in [3.8, 4) is 22.8 Å². The average Bonchev–Trinajstić information content (AvgIpc) is 2.93. The van der Waals surface area contributed by atoms with E-state index in [2.05, 4.69) is 27.8 Å². The van der Waals surface area contributed by atoms with Crippen molar-refractivity contribution in [2.24, 2.45) is 0 Å². The highest BCUT2D eigenvalue weighted by molar-refractivity contribution is 9.10. The summed E-state index contributed by atoms with van der Waals surface area (Å²) in [6.07, 6.45) is 0.818. The summed E-state index contributed by atoms with van der Waals surface area (Å²) in [5.41, 5.74) is 0.949. The van der Waals surface area contributed by atoms with Crippen molar-refractivity contribution >= 4 is 38.5 Å². The fraction of sp³-hybridized carbons (Fsp3) is 0.286. The Kier molecular flexibility index (Phi) is 4.89. The lowest BCUT2D eigenvalue weighted by Crippen LogP contribution is -2.25. The molecule has 0 radical (unpaired) electrons. The fourth-order valence-electron chi connectivity index (χ4n) is 3.98. The van der Waals surface area contributed by atoms with Gasteiger partial charge in [-0.2, -0.15) is 0 Å². The first-order chi connectivity index (χ1) is 13.3. The molecule has 1 fully saturated rings. The van der Waals surface area contributed by atoms with E-state index in [4.69, 9.17) is 16.0 Å². The molecule has 4 rings (SSSR count). The van der Waals surface area contributed by atoms with Crippen LogP contribution in [0.25, 0.3) is 22.3 Å². The van der Waals surface area contributed by atoms with Crippen LogP contribution in [0.3, 0.4) is 0 Å². The SMILES string of the molecule is CC1C(c2c(O)cc(O)c3c(=O)cc(-c4ccc(Br)cc4Cl)oc23)CCN1C. The van der Waals surface area contributed by atoms with Crippen LogP contribution in [0, 0.1) is 0 Å². The summed E-state index contributed by atoms with van der Waals surface area (Å²) in [7, 11) is 2.02. The number of rotatable bonds is 2. The summed E-state index contributed by atoms with van der Waals surface area (Å²) < 4.78 is 6.91. The predicted molar refractivity (Wildman–Crippen MR) is 113 cm³/mol. The van der Waals surface area contributed by atoms with Crippen LogP contribution in [0.15, 0.2) is 44.0 Å². The van der Waals surface area contributed by atoms with E-state index < -0.39 is 0 Å². The molecule has 5 nitrogen and oxygen atoms in total. The van der Waals surface area contributed by atoms with Gasteiger partial charge in [0, 0.05) is 39.7 Å². The molecule has 3 aromatic rings. The van der Waals surface area contributed by atoms with Crippen LogP contribution < -0.4 is 5.43 Å². The van der Waals surface area contributed by atoms with Gasteiger partial charge in [0.25, 0.3) is 0 Å². The second-order valence-electron chi connectivity index (χ2n) is 7.25. The van der Waals surface area contributed by atoms with Gasteiger partial charge >= 0.3 is 0 Å². The number of halogens is 2. The molecule has 2 heterocycles. The van der Waals surface area contributed by atoms with Crippen molar-refractivity contribution in [3.05, 3.63) is 55.6 Å². The van der Waals surface area contributed by atoms with E-state index in [0.29, 0.717) is 21.9 Å². The van der Waals surface area contributed by atoms with Gasteiger partial charge in [-0.25, -0.2) is 0 Å². The third kappa shape index (κ3) is 3.09. The Morgan fingerprint density at radius 2 is 1.96 bits per heavy atom. The summed E-state index contributed by atoms with van der Waals surface area (Å²) >= 11 is 9.70. The highest BCUT2D eigenvalue weighted by Crippen LogP contribution is 2.44. The molecule has 2 atom stereocenters. The number of hydrogen-bond acceptors (Lipinski definition) is 5. The van der Waals surface area contributed by atoms with Crippen LogP contribution in [0.5, 0.6) is 11.5 Å². The van der Waals surface area contributed by atoms with Gasteiger partial charge in [0.05, 0.1) is 5.02 Å². The van der Waals surface area contributed by atoms with E-state index >= 15 is 0 Å². The second-order valence-corrected chi connectivity index (χ2v) is 8.57. The average molecular weight is 465 g/mol. The summed E-state index contributed by atoms with van der Waals surface area (Å²) in [5, 5.41) is 21.4. The molecule has 0 bridgehead atoms. The van der Waals surface area contributed by atoms with Gasteiger partial charge in [-0.3, -0.25) is 4.79 Å². The zero-order chi connectivity index (χ0) is 20.2. The Bertz CT molecular complexity index is 1140. The van der Waals surface area contributed by atoms with E-state index in [1.165, 1.54) is 12.1 Å². The highest BCUT2D eigenvalue weighted by Gasteiger charge is 2.34. The monoisotopic (exact) mass is 463 g/mol. The Labute approximate surface area is 175 Å². The fourth-order valence-corrected chi connectivity index (χ4v) is 4.75. The lowest BCUT2D eigenvalue weighted by Gasteiger charge is -2.22. The van der Waals surface area contributed by atoms with Gasteiger partial charge in [-0.1, -0.05) is 27.5 Å². The molecule has 2 unspecified atom stereocenters. The van der Waals surface area contributed by atoms with Crippen LogP contribution in [0.1, 0.15) is 24.8 Å². The molecular weight excluding hydrogens is 446 g/mol. The summed E-state index contributed by atoms with van der Waals surface area (Å²) in [6.45, 7) is 2.94. The molecule has 0 aliphatic carbocycles. The molecule has 0 amide bonds. The van der Waals surface area contributed by atoms with Crippen LogP contribution in [-0.2, 0) is 0 Å².